The van der Waals surface area contributed by atoms with Crippen molar-refractivity contribution in [3.8, 4) is 11.3 Å². The summed E-state index contributed by atoms with van der Waals surface area (Å²) in [6.07, 6.45) is 0.0344. The van der Waals surface area contributed by atoms with Crippen LogP contribution in [0.5, 0.6) is 0 Å². The van der Waals surface area contributed by atoms with Crippen molar-refractivity contribution in [3.63, 3.8) is 0 Å². The highest BCUT2D eigenvalue weighted by molar-refractivity contribution is 9.10. The number of aromatic nitrogens is 1. The first-order chi connectivity index (χ1) is 9.82. The van der Waals surface area contributed by atoms with Crippen molar-refractivity contribution in [1.82, 2.24) is 4.98 Å². The van der Waals surface area contributed by atoms with E-state index in [2.05, 4.69) is 55.8 Å². The zero-order valence-electron chi connectivity index (χ0n) is 13.2. The van der Waals surface area contributed by atoms with Crippen LogP contribution < -0.4 is 0 Å². The van der Waals surface area contributed by atoms with Crippen LogP contribution in [0.1, 0.15) is 43.7 Å². The number of thiazole rings is 1. The van der Waals surface area contributed by atoms with Gasteiger partial charge in [-0.1, -0.05) is 48.8 Å². The second kappa shape index (κ2) is 6.59. The van der Waals surface area contributed by atoms with Gasteiger partial charge >= 0.3 is 0 Å². The Hall–Kier alpha value is -0.710. The molecule has 0 aliphatic carbocycles. The van der Waals surface area contributed by atoms with E-state index in [-0.39, 0.29) is 11.5 Å². The maximum Gasteiger partial charge on any atom is 0.123 e. The predicted molar refractivity (Wildman–Crippen MR) is 93.8 cm³/mol. The smallest absolute Gasteiger partial charge is 0.123 e. The summed E-state index contributed by atoms with van der Waals surface area (Å²) in [5, 5.41) is 1.07. The monoisotopic (exact) mass is 367 g/mol. The van der Waals surface area contributed by atoms with Crippen molar-refractivity contribution < 1.29 is 4.74 Å². The molecule has 0 fully saturated rings. The summed E-state index contributed by atoms with van der Waals surface area (Å²) in [6, 6.07) is 8.29. The second-order valence-corrected chi connectivity index (χ2v) is 8.32. The Balaban J connectivity index is 2.42. The first-order valence-electron chi connectivity index (χ1n) is 7.17. The molecular weight excluding hydrogens is 346 g/mol. The van der Waals surface area contributed by atoms with Gasteiger partial charge in [0.05, 0.1) is 5.69 Å². The largest absolute Gasteiger partial charge is 0.371 e. The molecule has 0 saturated heterocycles. The summed E-state index contributed by atoms with van der Waals surface area (Å²) in [6.45, 7) is 11.5. The van der Waals surface area contributed by atoms with Crippen LogP contribution in [0.2, 0.25) is 0 Å². The molecule has 2 nitrogen and oxygen atoms in total. The molecular formula is C17H22BrNOS. The molecule has 2 rings (SSSR count). The Bertz CT molecular complexity index is 615. The first kappa shape index (κ1) is 16.7. The van der Waals surface area contributed by atoms with Crippen LogP contribution in [0.3, 0.4) is 0 Å². The third kappa shape index (κ3) is 3.93. The van der Waals surface area contributed by atoms with Gasteiger partial charge in [0.2, 0.25) is 0 Å². The molecule has 0 bridgehead atoms. The van der Waals surface area contributed by atoms with Crippen molar-refractivity contribution in [1.29, 1.82) is 0 Å². The van der Waals surface area contributed by atoms with Crippen LogP contribution in [0.4, 0.5) is 0 Å². The number of nitrogens with zero attached hydrogens (tertiary/aromatic N) is 1. The van der Waals surface area contributed by atoms with Crippen LogP contribution >= 0.6 is 27.3 Å². The standard InChI is InChI=1S/C17H22BrNOS/c1-6-20-15(17(3,4)5)16-19-14(11(2)21-16)12-8-7-9-13(18)10-12/h7-10,15H,6H2,1-5H3. The zero-order chi connectivity index (χ0) is 15.6. The van der Waals surface area contributed by atoms with E-state index in [1.807, 2.05) is 19.1 Å². The lowest BCUT2D eigenvalue weighted by atomic mass is 9.89. The fourth-order valence-corrected chi connectivity index (χ4v) is 3.93. The minimum atomic E-state index is 0.0344. The van der Waals surface area contributed by atoms with Gasteiger partial charge in [0.25, 0.3) is 0 Å². The lowest BCUT2D eigenvalue weighted by Crippen LogP contribution is -2.21. The lowest BCUT2D eigenvalue weighted by Gasteiger charge is -2.28. The van der Waals surface area contributed by atoms with Crippen molar-refractivity contribution >= 4 is 27.3 Å². The summed E-state index contributed by atoms with van der Waals surface area (Å²) < 4.78 is 7.03. The summed E-state index contributed by atoms with van der Waals surface area (Å²) in [5.74, 6) is 0. The molecule has 21 heavy (non-hydrogen) atoms. The minimum absolute atomic E-state index is 0.0344. The average Bonchev–Trinajstić information content (AvgIpc) is 2.76. The van der Waals surface area contributed by atoms with Crippen LogP contribution in [-0.2, 0) is 4.74 Å². The third-order valence-electron chi connectivity index (χ3n) is 3.26. The molecule has 0 N–H and O–H groups in total. The van der Waals surface area contributed by atoms with Gasteiger partial charge in [-0.25, -0.2) is 4.98 Å². The molecule has 0 aliphatic heterocycles. The van der Waals surface area contributed by atoms with E-state index in [0.717, 1.165) is 20.7 Å². The molecule has 1 aromatic heterocycles. The zero-order valence-corrected chi connectivity index (χ0v) is 15.6. The second-order valence-electron chi connectivity index (χ2n) is 6.17. The topological polar surface area (TPSA) is 22.1 Å². The Morgan fingerprint density at radius 2 is 2.05 bits per heavy atom. The minimum Gasteiger partial charge on any atom is -0.371 e. The maximum atomic E-state index is 5.96. The molecule has 2 aromatic rings. The molecule has 1 atom stereocenters. The van der Waals surface area contributed by atoms with Crippen LogP contribution in [0.15, 0.2) is 28.7 Å². The number of ether oxygens (including phenoxy) is 1. The van der Waals surface area contributed by atoms with Gasteiger partial charge in [-0.15, -0.1) is 11.3 Å². The van der Waals surface area contributed by atoms with Crippen LogP contribution in [0.25, 0.3) is 11.3 Å². The average molecular weight is 368 g/mol. The Labute approximate surface area is 139 Å². The Morgan fingerprint density at radius 3 is 2.62 bits per heavy atom. The quantitative estimate of drug-likeness (QED) is 0.660. The normalized spacial score (nSPS) is 13.4. The number of halogens is 1. The Kier molecular flexibility index (Phi) is 5.23. The molecule has 1 unspecified atom stereocenters. The van der Waals surface area contributed by atoms with E-state index in [4.69, 9.17) is 9.72 Å². The molecule has 0 saturated carbocycles. The van der Waals surface area contributed by atoms with Crippen molar-refractivity contribution in [2.75, 3.05) is 6.61 Å². The van der Waals surface area contributed by atoms with Gasteiger partial charge in [0.1, 0.15) is 11.1 Å². The van der Waals surface area contributed by atoms with Gasteiger partial charge in [0, 0.05) is 21.5 Å². The fraction of sp³-hybridized carbons (Fsp3) is 0.471. The van der Waals surface area contributed by atoms with Gasteiger partial charge in [-0.2, -0.15) is 0 Å². The van der Waals surface area contributed by atoms with Gasteiger partial charge in [0.15, 0.2) is 0 Å². The summed E-state index contributed by atoms with van der Waals surface area (Å²) in [5.41, 5.74) is 2.24. The van der Waals surface area contributed by atoms with E-state index >= 15 is 0 Å². The highest BCUT2D eigenvalue weighted by Gasteiger charge is 2.30. The van der Waals surface area contributed by atoms with Crippen molar-refractivity contribution in [2.24, 2.45) is 5.41 Å². The molecule has 114 valence electrons. The maximum absolute atomic E-state index is 5.96. The van der Waals surface area contributed by atoms with Crippen molar-refractivity contribution in [3.05, 3.63) is 38.6 Å². The van der Waals surface area contributed by atoms with Crippen LogP contribution in [-0.4, -0.2) is 11.6 Å². The first-order valence-corrected chi connectivity index (χ1v) is 8.78. The van der Waals surface area contributed by atoms with Crippen LogP contribution in [0, 0.1) is 12.3 Å². The molecule has 1 aromatic carbocycles. The summed E-state index contributed by atoms with van der Waals surface area (Å²) in [4.78, 5) is 6.11. The number of rotatable bonds is 4. The number of hydrogen-bond donors (Lipinski definition) is 0. The number of aryl methyl sites for hydroxylation is 1. The lowest BCUT2D eigenvalue weighted by molar-refractivity contribution is -0.0133. The van der Waals surface area contributed by atoms with E-state index in [1.54, 1.807) is 11.3 Å². The molecule has 0 radical (unpaired) electrons. The van der Waals surface area contributed by atoms with Gasteiger partial charge < -0.3 is 4.74 Å². The van der Waals surface area contributed by atoms with E-state index < -0.39 is 0 Å². The SMILES string of the molecule is CCOC(c1nc(-c2cccc(Br)c2)c(C)s1)C(C)(C)C. The summed E-state index contributed by atoms with van der Waals surface area (Å²) >= 11 is 5.27. The highest BCUT2D eigenvalue weighted by Crippen LogP contribution is 2.40. The van der Waals surface area contributed by atoms with Gasteiger partial charge in [-0.05, 0) is 31.4 Å². The molecule has 4 heteroatoms. The molecule has 0 aliphatic rings. The van der Waals surface area contributed by atoms with Gasteiger partial charge in [-0.3, -0.25) is 0 Å². The van der Waals surface area contributed by atoms with E-state index in [1.165, 1.54) is 4.88 Å². The predicted octanol–water partition coefficient (Wildman–Crippen LogP) is 6.00. The molecule has 0 spiro atoms. The highest BCUT2D eigenvalue weighted by atomic mass is 79.9. The number of hydrogen-bond acceptors (Lipinski definition) is 3. The Morgan fingerprint density at radius 1 is 1.33 bits per heavy atom. The number of benzene rings is 1. The van der Waals surface area contributed by atoms with E-state index in [9.17, 15) is 0 Å². The molecule has 1 heterocycles. The van der Waals surface area contributed by atoms with E-state index in [0.29, 0.717) is 6.61 Å². The third-order valence-corrected chi connectivity index (χ3v) is 4.76. The molecule has 0 amide bonds. The summed E-state index contributed by atoms with van der Waals surface area (Å²) in [7, 11) is 0. The van der Waals surface area contributed by atoms with Crippen molar-refractivity contribution in [2.45, 2.75) is 40.7 Å². The fourth-order valence-electron chi connectivity index (χ4n) is 2.29.